The molecule has 5 nitrogen and oxygen atoms in total. The van der Waals surface area contributed by atoms with Crippen molar-refractivity contribution in [1.82, 2.24) is 5.43 Å². The quantitative estimate of drug-likeness (QED) is 0.220. The molecule has 1 amide bonds. The Labute approximate surface area is 190 Å². The first-order valence-electron chi connectivity index (χ1n) is 9.75. The van der Waals surface area contributed by atoms with Crippen LogP contribution >= 0.6 is 15.9 Å². The molecule has 0 atom stereocenters. The molecule has 0 aliphatic heterocycles. The molecule has 3 rings (SSSR count). The zero-order valence-electron chi connectivity index (χ0n) is 17.6. The van der Waals surface area contributed by atoms with Crippen molar-refractivity contribution in [3.05, 3.63) is 99.5 Å². The molecule has 0 aliphatic carbocycles. The van der Waals surface area contributed by atoms with Gasteiger partial charge >= 0.3 is 5.97 Å². The minimum atomic E-state index is -0.446. The molecule has 0 aromatic heterocycles. The summed E-state index contributed by atoms with van der Waals surface area (Å²) >= 11 is 3.34. The van der Waals surface area contributed by atoms with Crippen molar-refractivity contribution in [3.63, 3.8) is 0 Å². The number of benzene rings is 3. The minimum absolute atomic E-state index is 0.0330. The molecule has 3 aromatic carbocycles. The summed E-state index contributed by atoms with van der Waals surface area (Å²) in [5, 5.41) is 4.00. The van der Waals surface area contributed by atoms with Crippen molar-refractivity contribution in [2.24, 2.45) is 5.10 Å². The lowest BCUT2D eigenvalue weighted by atomic mass is 9.87. The third-order valence-electron chi connectivity index (χ3n) is 4.58. The maximum Gasteiger partial charge on any atom is 0.344 e. The number of nitrogens with zero attached hydrogens (tertiary/aromatic N) is 1. The number of hydrazone groups is 1. The molecule has 0 spiro atoms. The maximum absolute atomic E-state index is 12.3. The molecule has 158 valence electrons. The summed E-state index contributed by atoms with van der Waals surface area (Å²) in [6.45, 7) is 6.37. The summed E-state index contributed by atoms with van der Waals surface area (Å²) in [5.41, 5.74) is 5.46. The van der Waals surface area contributed by atoms with Crippen molar-refractivity contribution >= 4 is 34.0 Å². The topological polar surface area (TPSA) is 67.8 Å². The molecule has 1 N–H and O–H groups in total. The fourth-order valence-corrected chi connectivity index (χ4v) is 3.21. The van der Waals surface area contributed by atoms with Crippen molar-refractivity contribution in [2.45, 2.75) is 26.2 Å². The van der Waals surface area contributed by atoms with E-state index in [2.05, 4.69) is 47.2 Å². The SMILES string of the molecule is CC(C)(C)c1ccc(C(=O)N/N=C\c2ccc(OC(=O)c3ccccc3Br)cc2)cc1. The summed E-state index contributed by atoms with van der Waals surface area (Å²) in [7, 11) is 0. The smallest absolute Gasteiger partial charge is 0.344 e. The molecule has 6 heteroatoms. The van der Waals surface area contributed by atoms with Crippen LogP contribution in [0.1, 0.15) is 52.6 Å². The van der Waals surface area contributed by atoms with Gasteiger partial charge in [-0.3, -0.25) is 4.79 Å². The second-order valence-electron chi connectivity index (χ2n) is 7.96. The summed E-state index contributed by atoms with van der Waals surface area (Å²) in [6.07, 6.45) is 1.53. The van der Waals surface area contributed by atoms with Crippen LogP contribution in [0.25, 0.3) is 0 Å². The Bertz CT molecular complexity index is 1100. The van der Waals surface area contributed by atoms with Crippen LogP contribution in [0, 0.1) is 0 Å². The molecule has 0 fully saturated rings. The Hall–Kier alpha value is -3.25. The van der Waals surface area contributed by atoms with Gasteiger partial charge in [-0.2, -0.15) is 5.10 Å². The van der Waals surface area contributed by atoms with Gasteiger partial charge in [0.2, 0.25) is 0 Å². The first-order chi connectivity index (χ1) is 14.7. The highest BCUT2D eigenvalue weighted by atomic mass is 79.9. The van der Waals surface area contributed by atoms with Crippen LogP contribution in [0.5, 0.6) is 5.75 Å². The first kappa shape index (κ1) is 22.4. The van der Waals surface area contributed by atoms with Crippen LogP contribution in [-0.2, 0) is 5.41 Å². The number of rotatable bonds is 5. The van der Waals surface area contributed by atoms with Gasteiger partial charge in [-0.15, -0.1) is 0 Å². The monoisotopic (exact) mass is 478 g/mol. The van der Waals surface area contributed by atoms with E-state index in [9.17, 15) is 9.59 Å². The van der Waals surface area contributed by atoms with Gasteiger partial charge in [0, 0.05) is 10.0 Å². The van der Waals surface area contributed by atoms with Gasteiger partial charge in [-0.05, 0) is 81.0 Å². The summed E-state index contributed by atoms with van der Waals surface area (Å²) in [4.78, 5) is 24.5. The van der Waals surface area contributed by atoms with E-state index in [1.807, 2.05) is 18.2 Å². The van der Waals surface area contributed by atoms with E-state index in [0.29, 0.717) is 21.3 Å². The van der Waals surface area contributed by atoms with Crippen LogP contribution in [0.4, 0.5) is 0 Å². The largest absolute Gasteiger partial charge is 0.423 e. The van der Waals surface area contributed by atoms with Gasteiger partial charge in [0.15, 0.2) is 0 Å². The van der Waals surface area contributed by atoms with Crippen LogP contribution < -0.4 is 10.2 Å². The number of carbonyl (C=O) groups is 2. The highest BCUT2D eigenvalue weighted by molar-refractivity contribution is 9.10. The molecule has 0 heterocycles. The zero-order valence-corrected chi connectivity index (χ0v) is 19.1. The molecule has 0 saturated carbocycles. The zero-order chi connectivity index (χ0) is 22.4. The highest BCUT2D eigenvalue weighted by Crippen LogP contribution is 2.22. The van der Waals surface area contributed by atoms with Crippen LogP contribution in [0.15, 0.2) is 82.4 Å². The Morgan fingerprint density at radius 1 is 0.935 bits per heavy atom. The summed E-state index contributed by atoms with van der Waals surface area (Å²) < 4.78 is 6.06. The number of carbonyl (C=O) groups excluding carboxylic acids is 2. The average Bonchev–Trinajstić information content (AvgIpc) is 2.74. The van der Waals surface area contributed by atoms with Gasteiger partial charge in [0.25, 0.3) is 5.91 Å². The van der Waals surface area contributed by atoms with Crippen LogP contribution in [-0.4, -0.2) is 18.1 Å². The molecule has 0 unspecified atom stereocenters. The lowest BCUT2D eigenvalue weighted by molar-refractivity contribution is 0.0733. The van der Waals surface area contributed by atoms with Gasteiger partial charge in [-0.1, -0.05) is 45.0 Å². The standard InChI is InChI=1S/C25H23BrN2O3/c1-25(2,3)19-12-10-18(11-13-19)23(29)28-27-16-17-8-14-20(15-9-17)31-24(30)21-6-4-5-7-22(21)26/h4-16H,1-3H3,(H,28,29)/b27-16-. The number of amides is 1. The number of hydrogen-bond acceptors (Lipinski definition) is 4. The normalized spacial score (nSPS) is 11.4. The van der Waals surface area contributed by atoms with Crippen LogP contribution in [0.3, 0.4) is 0 Å². The Morgan fingerprint density at radius 2 is 1.58 bits per heavy atom. The average molecular weight is 479 g/mol. The molecular formula is C25H23BrN2O3. The van der Waals surface area contributed by atoms with Gasteiger partial charge in [-0.25, -0.2) is 10.2 Å². The van der Waals surface area contributed by atoms with E-state index < -0.39 is 5.97 Å². The molecule has 0 saturated heterocycles. The van der Waals surface area contributed by atoms with E-state index in [4.69, 9.17) is 4.74 Å². The van der Waals surface area contributed by atoms with Gasteiger partial charge in [0.1, 0.15) is 5.75 Å². The third-order valence-corrected chi connectivity index (χ3v) is 5.27. The second-order valence-corrected chi connectivity index (χ2v) is 8.82. The van der Waals surface area contributed by atoms with Crippen molar-refractivity contribution in [2.75, 3.05) is 0 Å². The fraction of sp³-hybridized carbons (Fsp3) is 0.160. The van der Waals surface area contributed by atoms with E-state index in [0.717, 1.165) is 11.1 Å². The third kappa shape index (κ3) is 6.12. The fourth-order valence-electron chi connectivity index (χ4n) is 2.76. The first-order valence-corrected chi connectivity index (χ1v) is 10.5. The lowest BCUT2D eigenvalue weighted by Gasteiger charge is -2.18. The van der Waals surface area contributed by atoms with Crippen molar-refractivity contribution in [3.8, 4) is 5.75 Å². The van der Waals surface area contributed by atoms with E-state index >= 15 is 0 Å². The van der Waals surface area contributed by atoms with E-state index in [-0.39, 0.29) is 11.3 Å². The lowest BCUT2D eigenvalue weighted by Crippen LogP contribution is -2.18. The molecule has 0 radical (unpaired) electrons. The molecule has 0 bridgehead atoms. The number of ether oxygens (including phenoxy) is 1. The van der Waals surface area contributed by atoms with E-state index in [1.165, 1.54) is 6.21 Å². The Morgan fingerprint density at radius 3 is 2.19 bits per heavy atom. The Balaban J connectivity index is 1.56. The number of nitrogens with one attached hydrogen (secondary N) is 1. The second kappa shape index (κ2) is 9.71. The molecule has 31 heavy (non-hydrogen) atoms. The highest BCUT2D eigenvalue weighted by Gasteiger charge is 2.14. The van der Waals surface area contributed by atoms with E-state index in [1.54, 1.807) is 54.6 Å². The van der Waals surface area contributed by atoms with Gasteiger partial charge in [0.05, 0.1) is 11.8 Å². The maximum atomic E-state index is 12.3. The number of halogens is 1. The van der Waals surface area contributed by atoms with Crippen molar-refractivity contribution in [1.29, 1.82) is 0 Å². The predicted octanol–water partition coefficient (Wildman–Crippen LogP) is 5.73. The minimum Gasteiger partial charge on any atom is -0.423 e. The molecule has 0 aliphatic rings. The number of hydrogen-bond donors (Lipinski definition) is 1. The summed E-state index contributed by atoms with van der Waals surface area (Å²) in [5.74, 6) is -0.310. The number of esters is 1. The van der Waals surface area contributed by atoms with Crippen LogP contribution in [0.2, 0.25) is 0 Å². The Kier molecular flexibility index (Phi) is 7.02. The molecule has 3 aromatic rings. The predicted molar refractivity (Wildman–Crippen MR) is 126 cm³/mol. The van der Waals surface area contributed by atoms with Gasteiger partial charge < -0.3 is 4.74 Å². The molecular weight excluding hydrogens is 456 g/mol. The summed E-state index contributed by atoms with van der Waals surface area (Å²) in [6, 6.07) is 21.4. The van der Waals surface area contributed by atoms with Crippen molar-refractivity contribution < 1.29 is 14.3 Å².